The van der Waals surface area contributed by atoms with Gasteiger partial charge in [-0.3, -0.25) is 0 Å². The highest BCUT2D eigenvalue weighted by atomic mass is 32.1. The molecule has 1 saturated heterocycles. The van der Waals surface area contributed by atoms with Gasteiger partial charge in [-0.05, 0) is 35.5 Å². The Bertz CT molecular complexity index is 690. The minimum atomic E-state index is 0.325. The van der Waals surface area contributed by atoms with Gasteiger partial charge in [0.25, 0.3) is 0 Å². The molecular formula is C20H26N3OS+. The molecule has 3 rings (SSSR count). The second-order valence-corrected chi connectivity index (χ2v) is 6.92. The molecule has 0 aliphatic carbocycles. The first-order valence-electron chi connectivity index (χ1n) is 8.71. The van der Waals surface area contributed by atoms with Crippen molar-refractivity contribution in [3.05, 3.63) is 65.7 Å². The number of nitrogens with one attached hydrogen (secondary N) is 2. The van der Waals surface area contributed by atoms with Crippen LogP contribution in [0, 0.1) is 0 Å². The molecule has 1 aliphatic rings. The van der Waals surface area contributed by atoms with Gasteiger partial charge >= 0.3 is 0 Å². The van der Waals surface area contributed by atoms with Gasteiger partial charge in [-0.1, -0.05) is 42.5 Å². The molecule has 2 aromatic rings. The van der Waals surface area contributed by atoms with Gasteiger partial charge in [0.15, 0.2) is 5.11 Å². The van der Waals surface area contributed by atoms with E-state index in [9.17, 15) is 0 Å². The predicted molar refractivity (Wildman–Crippen MR) is 105 cm³/mol. The Labute approximate surface area is 155 Å². The van der Waals surface area contributed by atoms with Crippen LogP contribution in [-0.4, -0.2) is 43.8 Å². The van der Waals surface area contributed by atoms with Gasteiger partial charge in [-0.2, -0.15) is 0 Å². The Morgan fingerprint density at radius 2 is 1.92 bits per heavy atom. The van der Waals surface area contributed by atoms with Crippen LogP contribution in [0.5, 0.6) is 5.75 Å². The van der Waals surface area contributed by atoms with Crippen LogP contribution in [0.1, 0.15) is 17.2 Å². The van der Waals surface area contributed by atoms with Gasteiger partial charge in [-0.15, -0.1) is 0 Å². The molecule has 0 saturated carbocycles. The van der Waals surface area contributed by atoms with E-state index in [-0.39, 0.29) is 0 Å². The average Bonchev–Trinajstić information content (AvgIpc) is 2.67. The number of hydrogen-bond donors (Lipinski definition) is 2. The van der Waals surface area contributed by atoms with Crippen molar-refractivity contribution in [3.8, 4) is 5.75 Å². The number of benzene rings is 2. The summed E-state index contributed by atoms with van der Waals surface area (Å²) in [5.74, 6) is 0.873. The normalized spacial score (nSPS) is 20.2. The van der Waals surface area contributed by atoms with Crippen molar-refractivity contribution in [2.75, 3.05) is 33.8 Å². The van der Waals surface area contributed by atoms with E-state index in [0.717, 1.165) is 37.0 Å². The zero-order chi connectivity index (χ0) is 17.6. The maximum Gasteiger partial charge on any atom is 0.170 e. The van der Waals surface area contributed by atoms with Gasteiger partial charge < -0.3 is 19.9 Å². The molecule has 0 spiro atoms. The number of thiocarbonyl (C=S) groups is 1. The number of likely N-dealkylation sites (N-methyl/N-ethyl adjacent to an activating group) is 1. The third-order valence-corrected chi connectivity index (χ3v) is 5.12. The summed E-state index contributed by atoms with van der Waals surface area (Å²) in [5, 5.41) is 4.26. The van der Waals surface area contributed by atoms with Crippen molar-refractivity contribution in [1.29, 1.82) is 0 Å². The molecule has 25 heavy (non-hydrogen) atoms. The van der Waals surface area contributed by atoms with E-state index >= 15 is 0 Å². The molecule has 2 aromatic carbocycles. The highest BCUT2D eigenvalue weighted by Crippen LogP contribution is 2.21. The van der Waals surface area contributed by atoms with Crippen molar-refractivity contribution in [1.82, 2.24) is 10.2 Å². The van der Waals surface area contributed by atoms with E-state index in [0.29, 0.717) is 6.04 Å². The molecule has 0 amide bonds. The monoisotopic (exact) mass is 356 g/mol. The lowest BCUT2D eigenvalue weighted by atomic mass is 10.0. The minimum absolute atomic E-state index is 0.325. The molecule has 0 radical (unpaired) electrons. The smallest absolute Gasteiger partial charge is 0.170 e. The summed E-state index contributed by atoms with van der Waals surface area (Å²) >= 11 is 5.72. The highest BCUT2D eigenvalue weighted by Gasteiger charge is 2.30. The molecule has 132 valence electrons. The zero-order valence-electron chi connectivity index (χ0n) is 14.9. The first kappa shape index (κ1) is 17.7. The summed E-state index contributed by atoms with van der Waals surface area (Å²) in [6.07, 6.45) is 0. The summed E-state index contributed by atoms with van der Waals surface area (Å²) in [4.78, 5) is 3.88. The number of methoxy groups -OCH3 is 1. The van der Waals surface area contributed by atoms with Crippen molar-refractivity contribution in [2.24, 2.45) is 0 Å². The molecule has 0 aromatic heterocycles. The molecule has 1 unspecified atom stereocenters. The van der Waals surface area contributed by atoms with Gasteiger partial charge in [0.05, 0.1) is 27.2 Å². The second-order valence-electron chi connectivity index (χ2n) is 6.54. The quantitative estimate of drug-likeness (QED) is 0.815. The first-order valence-corrected chi connectivity index (χ1v) is 9.12. The Morgan fingerprint density at radius 3 is 2.60 bits per heavy atom. The number of piperazine rings is 1. The summed E-state index contributed by atoms with van der Waals surface area (Å²) in [6.45, 7) is 3.87. The maximum absolute atomic E-state index is 5.72. The highest BCUT2D eigenvalue weighted by molar-refractivity contribution is 7.80. The number of nitrogens with zero attached hydrogens (tertiary/aromatic N) is 1. The lowest BCUT2D eigenvalue weighted by Crippen LogP contribution is -3.12. The van der Waals surface area contributed by atoms with Crippen molar-refractivity contribution in [3.63, 3.8) is 0 Å². The third kappa shape index (κ3) is 4.50. The maximum atomic E-state index is 5.72. The first-order chi connectivity index (χ1) is 12.2. The van der Waals surface area contributed by atoms with Crippen LogP contribution in [0.4, 0.5) is 0 Å². The molecule has 2 N–H and O–H groups in total. The van der Waals surface area contributed by atoms with Gasteiger partial charge in [0.1, 0.15) is 18.3 Å². The largest absolute Gasteiger partial charge is 0.497 e. The number of hydrogen-bond acceptors (Lipinski definition) is 2. The lowest BCUT2D eigenvalue weighted by Gasteiger charge is -2.39. The average molecular weight is 357 g/mol. The number of quaternary nitrogens is 1. The second kappa shape index (κ2) is 8.32. The van der Waals surface area contributed by atoms with E-state index in [1.165, 1.54) is 11.1 Å². The zero-order valence-corrected chi connectivity index (χ0v) is 15.7. The van der Waals surface area contributed by atoms with Crippen LogP contribution < -0.4 is 15.0 Å². The van der Waals surface area contributed by atoms with Gasteiger partial charge in [-0.25, -0.2) is 0 Å². The van der Waals surface area contributed by atoms with E-state index in [4.69, 9.17) is 17.0 Å². The summed E-state index contributed by atoms with van der Waals surface area (Å²) in [5.41, 5.74) is 2.52. The molecule has 1 fully saturated rings. The van der Waals surface area contributed by atoms with Crippen LogP contribution >= 0.6 is 12.2 Å². The Balaban J connectivity index is 1.66. The van der Waals surface area contributed by atoms with Gasteiger partial charge in [0.2, 0.25) is 0 Å². The van der Waals surface area contributed by atoms with E-state index in [1.54, 1.807) is 12.0 Å². The lowest BCUT2D eigenvalue weighted by molar-refractivity contribution is -0.887. The van der Waals surface area contributed by atoms with Crippen LogP contribution in [0.15, 0.2) is 54.6 Å². The Kier molecular flexibility index (Phi) is 5.89. The van der Waals surface area contributed by atoms with E-state index in [1.807, 2.05) is 12.1 Å². The van der Waals surface area contributed by atoms with E-state index in [2.05, 4.69) is 59.7 Å². The topological polar surface area (TPSA) is 28.9 Å². The summed E-state index contributed by atoms with van der Waals surface area (Å²) in [7, 11) is 3.93. The van der Waals surface area contributed by atoms with Crippen molar-refractivity contribution in [2.45, 2.75) is 12.6 Å². The van der Waals surface area contributed by atoms with Crippen LogP contribution in [0.3, 0.4) is 0 Å². The Morgan fingerprint density at radius 1 is 1.20 bits per heavy atom. The molecular weight excluding hydrogens is 330 g/mol. The third-order valence-electron chi connectivity index (χ3n) is 4.75. The SMILES string of the molecule is COc1ccc(CNC(=S)N2CC[NH+](C)C[C@@H]2c2ccccc2)cc1. The van der Waals surface area contributed by atoms with Crippen LogP contribution in [0.25, 0.3) is 0 Å². The van der Waals surface area contributed by atoms with Crippen molar-refractivity contribution < 1.29 is 9.64 Å². The fraction of sp³-hybridized carbons (Fsp3) is 0.350. The predicted octanol–water partition coefficient (Wildman–Crippen LogP) is 1.64. The fourth-order valence-electron chi connectivity index (χ4n) is 3.25. The van der Waals surface area contributed by atoms with Crippen molar-refractivity contribution >= 4 is 17.3 Å². The summed E-state index contributed by atoms with van der Waals surface area (Å²) < 4.78 is 5.21. The van der Waals surface area contributed by atoms with Crippen LogP contribution in [0.2, 0.25) is 0 Å². The molecule has 1 heterocycles. The molecule has 0 bridgehead atoms. The van der Waals surface area contributed by atoms with Crippen LogP contribution in [-0.2, 0) is 6.54 Å². The Hall–Kier alpha value is -2.11. The van der Waals surface area contributed by atoms with Gasteiger partial charge in [0, 0.05) is 6.54 Å². The fourth-order valence-corrected chi connectivity index (χ4v) is 3.54. The minimum Gasteiger partial charge on any atom is -0.497 e. The molecule has 5 heteroatoms. The molecule has 4 nitrogen and oxygen atoms in total. The summed E-state index contributed by atoms with van der Waals surface area (Å²) in [6, 6.07) is 19.1. The molecule has 2 atom stereocenters. The number of rotatable bonds is 4. The van der Waals surface area contributed by atoms with E-state index < -0.39 is 0 Å². The standard InChI is InChI=1S/C20H25N3OS/c1-22-12-13-23(19(15-22)17-6-4-3-5-7-17)20(25)21-14-16-8-10-18(24-2)11-9-16/h3-11,19H,12-15H2,1-2H3,(H,21,25)/p+1/t19-/m1/s1. The number of ether oxygens (including phenoxy) is 1. The molecule has 1 aliphatic heterocycles.